The summed E-state index contributed by atoms with van der Waals surface area (Å²) in [6.45, 7) is 3.18. The molecule has 0 aliphatic rings. The molecule has 0 aliphatic heterocycles. The summed E-state index contributed by atoms with van der Waals surface area (Å²) in [5.41, 5.74) is 0.897. The summed E-state index contributed by atoms with van der Waals surface area (Å²) in [6.07, 6.45) is 0.287. The van der Waals surface area contributed by atoms with E-state index in [1.807, 2.05) is 11.9 Å². The van der Waals surface area contributed by atoms with Gasteiger partial charge in [-0.2, -0.15) is 0 Å². The lowest BCUT2D eigenvalue weighted by Gasteiger charge is -2.22. The average Bonchev–Trinajstić information content (AvgIpc) is 2.39. The number of carbonyl (C=O) groups is 1. The van der Waals surface area contributed by atoms with Crippen LogP contribution in [0.1, 0.15) is 18.9 Å². The SMILES string of the molecule is CC(O)CCN(C)CC(=O)N(C)Cc1ccc(F)cc1. The van der Waals surface area contributed by atoms with Crippen LogP contribution in [-0.2, 0) is 11.3 Å². The number of aliphatic hydroxyl groups excluding tert-OH is 1. The third-order valence-electron chi connectivity index (χ3n) is 3.09. The number of amides is 1. The minimum absolute atomic E-state index is 0.00224. The van der Waals surface area contributed by atoms with Crippen LogP contribution in [0.2, 0.25) is 0 Å². The molecule has 1 aromatic rings. The standard InChI is InChI=1S/C15H23FN2O2/c1-12(19)8-9-17(2)11-15(20)18(3)10-13-4-6-14(16)7-5-13/h4-7,12,19H,8-11H2,1-3H3. The van der Waals surface area contributed by atoms with Crippen LogP contribution in [-0.4, -0.2) is 54.1 Å². The highest BCUT2D eigenvalue weighted by molar-refractivity contribution is 5.77. The van der Waals surface area contributed by atoms with E-state index in [-0.39, 0.29) is 17.8 Å². The zero-order chi connectivity index (χ0) is 15.1. The topological polar surface area (TPSA) is 43.8 Å². The molecule has 0 saturated carbocycles. The van der Waals surface area contributed by atoms with Gasteiger partial charge in [0.15, 0.2) is 0 Å². The molecule has 0 heterocycles. The van der Waals surface area contributed by atoms with Gasteiger partial charge in [0.25, 0.3) is 0 Å². The summed E-state index contributed by atoms with van der Waals surface area (Å²) in [4.78, 5) is 15.5. The van der Waals surface area contributed by atoms with E-state index in [1.165, 1.54) is 12.1 Å². The summed E-state index contributed by atoms with van der Waals surface area (Å²) in [5.74, 6) is -0.275. The van der Waals surface area contributed by atoms with Crippen molar-refractivity contribution < 1.29 is 14.3 Å². The summed E-state index contributed by atoms with van der Waals surface area (Å²) in [5, 5.41) is 9.21. The van der Waals surface area contributed by atoms with Gasteiger partial charge >= 0.3 is 0 Å². The molecular weight excluding hydrogens is 259 g/mol. The minimum atomic E-state index is -0.357. The van der Waals surface area contributed by atoms with Crippen molar-refractivity contribution in [2.75, 3.05) is 27.2 Å². The van der Waals surface area contributed by atoms with Gasteiger partial charge in [-0.15, -0.1) is 0 Å². The van der Waals surface area contributed by atoms with Crippen LogP contribution in [0.25, 0.3) is 0 Å². The molecule has 1 amide bonds. The zero-order valence-corrected chi connectivity index (χ0v) is 12.3. The summed E-state index contributed by atoms with van der Waals surface area (Å²) < 4.78 is 12.8. The Morgan fingerprint density at radius 2 is 1.90 bits per heavy atom. The van der Waals surface area contributed by atoms with E-state index < -0.39 is 0 Å². The maximum atomic E-state index is 12.8. The predicted octanol–water partition coefficient (Wildman–Crippen LogP) is 1.49. The fourth-order valence-electron chi connectivity index (χ4n) is 1.79. The Balaban J connectivity index is 2.40. The normalized spacial score (nSPS) is 12.5. The molecule has 1 rings (SSSR count). The molecule has 20 heavy (non-hydrogen) atoms. The van der Waals surface area contributed by atoms with Crippen LogP contribution in [0, 0.1) is 5.82 Å². The molecule has 0 fully saturated rings. The molecule has 0 bridgehead atoms. The molecule has 0 saturated heterocycles. The number of benzene rings is 1. The fraction of sp³-hybridized carbons (Fsp3) is 0.533. The maximum Gasteiger partial charge on any atom is 0.236 e. The number of nitrogens with zero attached hydrogens (tertiary/aromatic N) is 2. The highest BCUT2D eigenvalue weighted by atomic mass is 19.1. The Morgan fingerprint density at radius 3 is 2.45 bits per heavy atom. The number of likely N-dealkylation sites (N-methyl/N-ethyl adjacent to an activating group) is 2. The van der Waals surface area contributed by atoms with E-state index in [1.54, 1.807) is 31.0 Å². The molecule has 5 heteroatoms. The van der Waals surface area contributed by atoms with Crippen LogP contribution in [0.3, 0.4) is 0 Å². The van der Waals surface area contributed by atoms with Crippen molar-refractivity contribution in [3.05, 3.63) is 35.6 Å². The van der Waals surface area contributed by atoms with Crippen LogP contribution >= 0.6 is 0 Å². The van der Waals surface area contributed by atoms with Crippen molar-refractivity contribution in [2.45, 2.75) is 26.0 Å². The largest absolute Gasteiger partial charge is 0.393 e. The Labute approximate surface area is 119 Å². The first-order chi connectivity index (χ1) is 9.38. The first kappa shape index (κ1) is 16.6. The highest BCUT2D eigenvalue weighted by Crippen LogP contribution is 2.06. The Morgan fingerprint density at radius 1 is 1.30 bits per heavy atom. The monoisotopic (exact) mass is 282 g/mol. The van der Waals surface area contributed by atoms with E-state index in [9.17, 15) is 14.3 Å². The Kier molecular flexibility index (Phi) is 6.61. The summed E-state index contributed by atoms with van der Waals surface area (Å²) >= 11 is 0. The molecule has 0 radical (unpaired) electrons. The van der Waals surface area contributed by atoms with Crippen molar-refractivity contribution in [3.63, 3.8) is 0 Å². The van der Waals surface area contributed by atoms with E-state index in [0.29, 0.717) is 26.1 Å². The van der Waals surface area contributed by atoms with Crippen LogP contribution in [0.5, 0.6) is 0 Å². The number of hydrogen-bond donors (Lipinski definition) is 1. The number of halogens is 1. The second kappa shape index (κ2) is 7.97. The van der Waals surface area contributed by atoms with Crippen molar-refractivity contribution in [3.8, 4) is 0 Å². The van der Waals surface area contributed by atoms with Crippen molar-refractivity contribution in [1.29, 1.82) is 0 Å². The Hall–Kier alpha value is -1.46. The summed E-state index contributed by atoms with van der Waals surface area (Å²) in [6, 6.07) is 6.14. The second-order valence-corrected chi connectivity index (χ2v) is 5.25. The van der Waals surface area contributed by atoms with Crippen LogP contribution in [0.15, 0.2) is 24.3 Å². The van der Waals surface area contributed by atoms with Gasteiger partial charge in [-0.25, -0.2) is 4.39 Å². The lowest BCUT2D eigenvalue weighted by Crippen LogP contribution is -2.37. The van der Waals surface area contributed by atoms with E-state index in [0.717, 1.165) is 5.56 Å². The molecule has 1 aromatic carbocycles. The molecule has 0 spiro atoms. The van der Waals surface area contributed by atoms with Gasteiger partial charge in [-0.3, -0.25) is 9.69 Å². The molecule has 1 atom stereocenters. The van der Waals surface area contributed by atoms with Gasteiger partial charge < -0.3 is 10.0 Å². The van der Waals surface area contributed by atoms with Gasteiger partial charge in [0.05, 0.1) is 12.6 Å². The Bertz CT molecular complexity index is 420. The van der Waals surface area contributed by atoms with Crippen LogP contribution < -0.4 is 0 Å². The van der Waals surface area contributed by atoms with Gasteiger partial charge in [-0.05, 0) is 38.1 Å². The van der Waals surface area contributed by atoms with Gasteiger partial charge in [0, 0.05) is 20.1 Å². The zero-order valence-electron chi connectivity index (χ0n) is 12.3. The number of aliphatic hydroxyl groups is 1. The molecule has 112 valence electrons. The van der Waals surface area contributed by atoms with Gasteiger partial charge in [0.1, 0.15) is 5.82 Å². The number of carbonyl (C=O) groups excluding carboxylic acids is 1. The first-order valence-corrected chi connectivity index (χ1v) is 6.73. The molecule has 0 aromatic heterocycles. The molecule has 4 nitrogen and oxygen atoms in total. The van der Waals surface area contributed by atoms with Crippen molar-refractivity contribution in [1.82, 2.24) is 9.80 Å². The fourth-order valence-corrected chi connectivity index (χ4v) is 1.79. The summed E-state index contributed by atoms with van der Waals surface area (Å²) in [7, 11) is 3.58. The van der Waals surface area contributed by atoms with Crippen LogP contribution in [0.4, 0.5) is 4.39 Å². The average molecular weight is 282 g/mol. The van der Waals surface area contributed by atoms with Gasteiger partial charge in [0.2, 0.25) is 5.91 Å². The van der Waals surface area contributed by atoms with E-state index >= 15 is 0 Å². The smallest absolute Gasteiger partial charge is 0.236 e. The molecule has 0 aliphatic carbocycles. The lowest BCUT2D eigenvalue weighted by atomic mass is 10.2. The first-order valence-electron chi connectivity index (χ1n) is 6.73. The third-order valence-corrected chi connectivity index (χ3v) is 3.09. The molecule has 1 N–H and O–H groups in total. The predicted molar refractivity (Wildman–Crippen MR) is 76.7 cm³/mol. The number of hydrogen-bond acceptors (Lipinski definition) is 3. The van der Waals surface area contributed by atoms with E-state index in [2.05, 4.69) is 0 Å². The second-order valence-electron chi connectivity index (χ2n) is 5.25. The quantitative estimate of drug-likeness (QED) is 0.824. The number of rotatable bonds is 7. The molecular formula is C15H23FN2O2. The third kappa shape index (κ3) is 6.12. The van der Waals surface area contributed by atoms with Gasteiger partial charge in [-0.1, -0.05) is 12.1 Å². The minimum Gasteiger partial charge on any atom is -0.393 e. The van der Waals surface area contributed by atoms with E-state index in [4.69, 9.17) is 0 Å². The maximum absolute atomic E-state index is 12.8. The van der Waals surface area contributed by atoms with Crippen molar-refractivity contribution in [2.24, 2.45) is 0 Å². The lowest BCUT2D eigenvalue weighted by molar-refractivity contribution is -0.131. The molecule has 1 unspecified atom stereocenters. The van der Waals surface area contributed by atoms with Crippen molar-refractivity contribution >= 4 is 5.91 Å². The highest BCUT2D eigenvalue weighted by Gasteiger charge is 2.12.